The van der Waals surface area contributed by atoms with Crippen LogP contribution >= 0.6 is 0 Å². The van der Waals surface area contributed by atoms with Gasteiger partial charge in [-0.1, -0.05) is 36.4 Å². The maximum absolute atomic E-state index is 12.7. The minimum absolute atomic E-state index is 0.118. The Bertz CT molecular complexity index is 1320. The average molecular weight is 428 g/mol. The van der Waals surface area contributed by atoms with Crippen molar-refractivity contribution in [1.82, 2.24) is 9.13 Å². The molecule has 0 atom stereocenters. The van der Waals surface area contributed by atoms with Crippen LogP contribution in [0.15, 0.2) is 83.7 Å². The molecule has 0 aliphatic carbocycles. The largest absolute Gasteiger partial charge is 0.329 e. The lowest BCUT2D eigenvalue weighted by Gasteiger charge is -2.09. The number of para-hydroxylation sites is 2. The van der Waals surface area contributed by atoms with Crippen LogP contribution in [0.25, 0.3) is 11.0 Å². The second-order valence-corrected chi connectivity index (χ2v) is 7.37. The van der Waals surface area contributed by atoms with Crippen LogP contribution in [-0.4, -0.2) is 20.9 Å². The molecule has 0 saturated carbocycles. The first kappa shape index (κ1) is 21.1. The Morgan fingerprint density at radius 3 is 2.09 bits per heavy atom. The highest BCUT2D eigenvalue weighted by Crippen LogP contribution is 2.17. The molecule has 7 nitrogen and oxygen atoms in total. The molecule has 0 spiro atoms. The third-order valence-electron chi connectivity index (χ3n) is 5.24. The molecule has 0 radical (unpaired) electrons. The van der Waals surface area contributed by atoms with Gasteiger partial charge in [0, 0.05) is 36.4 Å². The number of nitrogens with one attached hydrogen (secondary N) is 2. The molecule has 32 heavy (non-hydrogen) atoms. The fourth-order valence-corrected chi connectivity index (χ4v) is 3.70. The summed E-state index contributed by atoms with van der Waals surface area (Å²) in [6.45, 7) is 2.77. The number of benzene rings is 3. The number of aromatic nitrogens is 2. The van der Waals surface area contributed by atoms with Crippen molar-refractivity contribution in [3.05, 3.63) is 94.9 Å². The zero-order valence-electron chi connectivity index (χ0n) is 17.7. The Morgan fingerprint density at radius 2 is 1.41 bits per heavy atom. The predicted molar refractivity (Wildman–Crippen MR) is 126 cm³/mol. The number of fused-ring (bicyclic) bond motifs is 1. The van der Waals surface area contributed by atoms with Gasteiger partial charge in [0.05, 0.1) is 11.0 Å². The maximum Gasteiger partial charge on any atom is 0.329 e. The fraction of sp³-hybridized carbons (Fsp3) is 0.160. The molecule has 0 unspecified atom stereocenters. The number of imidazole rings is 1. The average Bonchev–Trinajstić information content (AvgIpc) is 3.08. The third-order valence-corrected chi connectivity index (χ3v) is 5.24. The Balaban J connectivity index is 1.42. The van der Waals surface area contributed by atoms with E-state index in [0.717, 1.165) is 11.0 Å². The van der Waals surface area contributed by atoms with Gasteiger partial charge >= 0.3 is 5.69 Å². The fourth-order valence-electron chi connectivity index (χ4n) is 3.70. The van der Waals surface area contributed by atoms with Crippen molar-refractivity contribution in [3.63, 3.8) is 0 Å². The van der Waals surface area contributed by atoms with E-state index in [9.17, 15) is 14.4 Å². The van der Waals surface area contributed by atoms with Gasteiger partial charge in [0.2, 0.25) is 5.91 Å². The lowest BCUT2D eigenvalue weighted by Crippen LogP contribution is -2.25. The molecule has 0 bridgehead atoms. The van der Waals surface area contributed by atoms with E-state index >= 15 is 0 Å². The van der Waals surface area contributed by atoms with Crippen molar-refractivity contribution in [2.45, 2.75) is 26.4 Å². The Morgan fingerprint density at radius 1 is 0.781 bits per heavy atom. The van der Waals surface area contributed by atoms with Gasteiger partial charge in [0.1, 0.15) is 0 Å². The number of carbonyl (C=O) groups is 2. The first-order valence-corrected chi connectivity index (χ1v) is 10.5. The normalized spacial score (nSPS) is 10.8. The number of hydrogen-bond acceptors (Lipinski definition) is 3. The Kier molecular flexibility index (Phi) is 6.17. The summed E-state index contributed by atoms with van der Waals surface area (Å²) >= 11 is 0. The summed E-state index contributed by atoms with van der Waals surface area (Å²) in [5, 5.41) is 5.67. The van der Waals surface area contributed by atoms with Gasteiger partial charge in [-0.25, -0.2) is 4.79 Å². The third kappa shape index (κ3) is 4.46. The van der Waals surface area contributed by atoms with E-state index in [2.05, 4.69) is 10.6 Å². The van der Waals surface area contributed by atoms with Crippen molar-refractivity contribution in [3.8, 4) is 0 Å². The summed E-state index contributed by atoms with van der Waals surface area (Å²) in [6.07, 6.45) is 0.151. The van der Waals surface area contributed by atoms with Crippen LogP contribution in [0.3, 0.4) is 0 Å². The highest BCUT2D eigenvalue weighted by molar-refractivity contribution is 6.04. The van der Waals surface area contributed by atoms with Gasteiger partial charge in [0.15, 0.2) is 0 Å². The molecule has 2 amide bonds. The molecule has 0 fully saturated rings. The van der Waals surface area contributed by atoms with E-state index in [0.29, 0.717) is 23.5 Å². The molecule has 0 aliphatic rings. The van der Waals surface area contributed by atoms with Crippen molar-refractivity contribution in [1.29, 1.82) is 0 Å². The van der Waals surface area contributed by atoms with Gasteiger partial charge in [-0.2, -0.15) is 0 Å². The summed E-state index contributed by atoms with van der Waals surface area (Å²) in [7, 11) is 0. The molecule has 2 N–H and O–H groups in total. The number of anilines is 2. The molecular weight excluding hydrogens is 404 g/mol. The molecule has 162 valence electrons. The molecule has 7 heteroatoms. The van der Waals surface area contributed by atoms with E-state index in [1.54, 1.807) is 57.7 Å². The minimum atomic E-state index is -0.222. The summed E-state index contributed by atoms with van der Waals surface area (Å²) in [5.74, 6) is -0.433. The van der Waals surface area contributed by atoms with E-state index in [1.807, 2.05) is 37.3 Å². The number of nitrogens with zero attached hydrogens (tertiary/aromatic N) is 2. The second-order valence-electron chi connectivity index (χ2n) is 7.37. The van der Waals surface area contributed by atoms with E-state index in [-0.39, 0.29) is 30.5 Å². The number of rotatable bonds is 7. The van der Waals surface area contributed by atoms with Crippen LogP contribution in [-0.2, 0) is 17.9 Å². The minimum Gasteiger partial charge on any atom is -0.326 e. The Hall–Kier alpha value is -4.13. The lowest BCUT2D eigenvalue weighted by molar-refractivity contribution is -0.116. The topological polar surface area (TPSA) is 85.1 Å². The van der Waals surface area contributed by atoms with Crippen LogP contribution in [0.4, 0.5) is 11.4 Å². The molecule has 3 aromatic carbocycles. The molecule has 0 aliphatic heterocycles. The van der Waals surface area contributed by atoms with Crippen molar-refractivity contribution < 1.29 is 9.59 Å². The number of amides is 2. The zero-order chi connectivity index (χ0) is 22.5. The zero-order valence-corrected chi connectivity index (χ0v) is 17.7. The summed E-state index contributed by atoms with van der Waals surface area (Å²) < 4.78 is 3.33. The molecule has 4 aromatic rings. The van der Waals surface area contributed by atoms with Gasteiger partial charge in [0.25, 0.3) is 5.91 Å². The van der Waals surface area contributed by atoms with Crippen molar-refractivity contribution in [2.24, 2.45) is 0 Å². The van der Waals surface area contributed by atoms with Crippen molar-refractivity contribution in [2.75, 3.05) is 10.6 Å². The van der Waals surface area contributed by atoms with Crippen LogP contribution in [0.5, 0.6) is 0 Å². The van der Waals surface area contributed by atoms with Crippen LogP contribution < -0.4 is 16.3 Å². The highest BCUT2D eigenvalue weighted by atomic mass is 16.2. The summed E-state index contributed by atoms with van der Waals surface area (Å²) in [4.78, 5) is 37.6. The van der Waals surface area contributed by atoms with Crippen LogP contribution in [0.1, 0.15) is 23.7 Å². The smallest absolute Gasteiger partial charge is 0.326 e. The Labute approximate surface area is 185 Å². The monoisotopic (exact) mass is 428 g/mol. The summed E-state index contributed by atoms with van der Waals surface area (Å²) in [6, 6.07) is 23.5. The molecule has 1 heterocycles. The first-order chi connectivity index (χ1) is 15.6. The first-order valence-electron chi connectivity index (χ1n) is 10.5. The molecule has 1 aromatic heterocycles. The SMILES string of the molecule is CCn1c(=O)n(CCC(=O)Nc2cccc(NC(=O)c3ccccc3)c2)c2ccccc21. The van der Waals surface area contributed by atoms with Crippen molar-refractivity contribution >= 4 is 34.2 Å². The lowest BCUT2D eigenvalue weighted by atomic mass is 10.2. The predicted octanol–water partition coefficient (Wildman–Crippen LogP) is 4.10. The van der Waals surface area contributed by atoms with E-state index in [4.69, 9.17) is 0 Å². The van der Waals surface area contributed by atoms with E-state index < -0.39 is 0 Å². The highest BCUT2D eigenvalue weighted by Gasteiger charge is 2.13. The molecular formula is C25H24N4O3. The van der Waals surface area contributed by atoms with Gasteiger partial charge in [-0.3, -0.25) is 18.7 Å². The van der Waals surface area contributed by atoms with Gasteiger partial charge in [-0.05, 0) is 49.4 Å². The standard InChI is InChI=1S/C25H24N4O3/c1-2-28-21-13-6-7-14-22(21)29(25(28)32)16-15-23(30)26-19-11-8-12-20(17-19)27-24(31)18-9-4-3-5-10-18/h3-14,17H,2,15-16H2,1H3,(H,26,30)(H,27,31). The van der Waals surface area contributed by atoms with Gasteiger partial charge < -0.3 is 10.6 Å². The quantitative estimate of drug-likeness (QED) is 0.465. The number of aryl methyl sites for hydroxylation is 2. The molecule has 4 rings (SSSR count). The summed E-state index contributed by atoms with van der Waals surface area (Å²) in [5.41, 5.74) is 3.27. The van der Waals surface area contributed by atoms with Crippen LogP contribution in [0.2, 0.25) is 0 Å². The molecule has 0 saturated heterocycles. The van der Waals surface area contributed by atoms with E-state index in [1.165, 1.54) is 0 Å². The van der Waals surface area contributed by atoms with Crippen LogP contribution in [0, 0.1) is 0 Å². The second kappa shape index (κ2) is 9.34. The van der Waals surface area contributed by atoms with Gasteiger partial charge in [-0.15, -0.1) is 0 Å². The maximum atomic E-state index is 12.7. The number of hydrogen-bond donors (Lipinski definition) is 2. The number of carbonyl (C=O) groups excluding carboxylic acids is 2.